The summed E-state index contributed by atoms with van der Waals surface area (Å²) in [6, 6.07) is 4.11. The molecule has 0 fully saturated rings. The van der Waals surface area contributed by atoms with Crippen LogP contribution in [0.1, 0.15) is 32.9 Å². The van der Waals surface area contributed by atoms with Crippen LogP contribution in [0.3, 0.4) is 0 Å². The van der Waals surface area contributed by atoms with Crippen LogP contribution in [0.5, 0.6) is 0 Å². The molecule has 0 saturated carbocycles. The molecule has 0 bridgehead atoms. The van der Waals surface area contributed by atoms with Gasteiger partial charge in [-0.15, -0.1) is 0 Å². The summed E-state index contributed by atoms with van der Waals surface area (Å²) >= 11 is 0. The number of carbonyl (C=O) groups is 1. The molecule has 4 heteroatoms. The van der Waals surface area contributed by atoms with Crippen LogP contribution in [-0.2, 0) is 17.9 Å². The summed E-state index contributed by atoms with van der Waals surface area (Å²) in [4.78, 5) is 10.9. The van der Waals surface area contributed by atoms with Crippen molar-refractivity contribution in [2.45, 2.75) is 45.8 Å². The average molecular weight is 223 g/mol. The van der Waals surface area contributed by atoms with Gasteiger partial charge >= 0.3 is 0 Å². The smallest absolute Gasteiger partial charge is 0.219 e. The molecule has 16 heavy (non-hydrogen) atoms. The molecule has 0 atom stereocenters. The van der Waals surface area contributed by atoms with Crippen LogP contribution in [0.2, 0.25) is 0 Å². The van der Waals surface area contributed by atoms with E-state index in [1.807, 2.05) is 19.9 Å². The van der Waals surface area contributed by atoms with Crippen molar-refractivity contribution < 1.29 is 4.79 Å². The molecule has 0 aliphatic heterocycles. The van der Waals surface area contributed by atoms with Gasteiger partial charge in [0.25, 0.3) is 0 Å². The quantitative estimate of drug-likeness (QED) is 0.762. The van der Waals surface area contributed by atoms with E-state index >= 15 is 0 Å². The minimum atomic E-state index is -0.275. The first-order valence-electron chi connectivity index (χ1n) is 5.62. The van der Waals surface area contributed by atoms with Gasteiger partial charge in [-0.05, 0) is 32.9 Å². The van der Waals surface area contributed by atoms with E-state index in [2.05, 4.69) is 29.1 Å². The van der Waals surface area contributed by atoms with E-state index in [9.17, 15) is 4.79 Å². The fraction of sp³-hybridized carbons (Fsp3) is 0.583. The second-order valence-electron chi connectivity index (χ2n) is 4.67. The van der Waals surface area contributed by atoms with Crippen LogP contribution < -0.4 is 11.1 Å². The number of aromatic nitrogens is 1. The molecule has 0 aliphatic rings. The van der Waals surface area contributed by atoms with Crippen LogP contribution in [0, 0.1) is 0 Å². The third kappa shape index (κ3) is 3.70. The predicted molar refractivity (Wildman–Crippen MR) is 64.8 cm³/mol. The summed E-state index contributed by atoms with van der Waals surface area (Å²) in [6.45, 7) is 7.79. The standard InChI is InChI=1S/C12H21N3O/c1-4-15-7-5-6-10(15)9-14-12(2,3)8-11(13)16/h5-7,14H,4,8-9H2,1-3H3,(H2,13,16). The lowest BCUT2D eigenvalue weighted by atomic mass is 10.0. The highest BCUT2D eigenvalue weighted by atomic mass is 16.1. The van der Waals surface area contributed by atoms with Gasteiger partial charge in [0.2, 0.25) is 5.91 Å². The number of nitrogens with zero attached hydrogens (tertiary/aromatic N) is 1. The molecule has 0 radical (unpaired) electrons. The fourth-order valence-electron chi connectivity index (χ4n) is 1.75. The maximum atomic E-state index is 10.9. The molecule has 0 unspecified atom stereocenters. The SMILES string of the molecule is CCn1cccc1CNC(C)(C)CC(N)=O. The lowest BCUT2D eigenvalue weighted by molar-refractivity contribution is -0.119. The van der Waals surface area contributed by atoms with Crippen LogP contribution in [0.15, 0.2) is 18.3 Å². The minimum absolute atomic E-state index is 0.255. The number of hydrogen-bond acceptors (Lipinski definition) is 2. The monoisotopic (exact) mass is 223 g/mol. The highest BCUT2D eigenvalue weighted by Crippen LogP contribution is 2.10. The Kier molecular flexibility index (Phi) is 4.12. The molecule has 4 nitrogen and oxygen atoms in total. The predicted octanol–water partition coefficient (Wildman–Crippen LogP) is 1.25. The number of nitrogens with one attached hydrogen (secondary N) is 1. The molecular formula is C12H21N3O. The molecule has 1 aromatic rings. The first kappa shape index (κ1) is 12.8. The second-order valence-corrected chi connectivity index (χ2v) is 4.67. The number of primary amides is 1. The molecule has 0 aromatic carbocycles. The molecule has 1 rings (SSSR count). The zero-order valence-corrected chi connectivity index (χ0v) is 10.3. The van der Waals surface area contributed by atoms with Crippen molar-refractivity contribution in [2.24, 2.45) is 5.73 Å². The molecule has 3 N–H and O–H groups in total. The summed E-state index contributed by atoms with van der Waals surface area (Å²) in [6.07, 6.45) is 2.40. The number of carbonyl (C=O) groups excluding carboxylic acids is 1. The Morgan fingerprint density at radius 1 is 1.56 bits per heavy atom. The van der Waals surface area contributed by atoms with Gasteiger partial charge in [-0.25, -0.2) is 0 Å². The lowest BCUT2D eigenvalue weighted by Crippen LogP contribution is -2.42. The Labute approximate surface area is 96.8 Å². The summed E-state index contributed by atoms with van der Waals surface area (Å²) in [5, 5.41) is 3.35. The number of amides is 1. The zero-order chi connectivity index (χ0) is 12.2. The molecule has 90 valence electrons. The van der Waals surface area contributed by atoms with Crippen molar-refractivity contribution in [3.8, 4) is 0 Å². The van der Waals surface area contributed by atoms with E-state index in [0.717, 1.165) is 13.1 Å². The van der Waals surface area contributed by atoms with E-state index in [1.54, 1.807) is 0 Å². The second kappa shape index (κ2) is 5.16. The first-order chi connectivity index (χ1) is 7.44. The molecule has 1 amide bonds. The van der Waals surface area contributed by atoms with Gasteiger partial charge in [0.05, 0.1) is 0 Å². The topological polar surface area (TPSA) is 60.1 Å². The molecule has 1 aromatic heterocycles. The van der Waals surface area contributed by atoms with Gasteiger partial charge in [-0.3, -0.25) is 4.79 Å². The van der Waals surface area contributed by atoms with E-state index in [-0.39, 0.29) is 11.4 Å². The Morgan fingerprint density at radius 3 is 2.81 bits per heavy atom. The normalized spacial score (nSPS) is 11.7. The number of aryl methyl sites for hydroxylation is 1. The van der Waals surface area contributed by atoms with Gasteiger partial charge in [-0.2, -0.15) is 0 Å². The van der Waals surface area contributed by atoms with Crippen LogP contribution in [0.25, 0.3) is 0 Å². The van der Waals surface area contributed by atoms with Crippen molar-refractivity contribution >= 4 is 5.91 Å². The average Bonchev–Trinajstić information content (AvgIpc) is 2.59. The maximum absolute atomic E-state index is 10.9. The van der Waals surface area contributed by atoms with Gasteiger partial charge < -0.3 is 15.6 Å². The molecule has 0 aliphatic carbocycles. The van der Waals surface area contributed by atoms with Gasteiger partial charge in [0, 0.05) is 36.9 Å². The number of hydrogen-bond donors (Lipinski definition) is 2. The highest BCUT2D eigenvalue weighted by Gasteiger charge is 2.19. The van der Waals surface area contributed by atoms with E-state index in [1.165, 1.54) is 5.69 Å². The Hall–Kier alpha value is -1.29. The number of rotatable bonds is 6. The van der Waals surface area contributed by atoms with E-state index < -0.39 is 0 Å². The van der Waals surface area contributed by atoms with Crippen LogP contribution in [-0.4, -0.2) is 16.0 Å². The Balaban J connectivity index is 2.53. The lowest BCUT2D eigenvalue weighted by Gasteiger charge is -2.25. The van der Waals surface area contributed by atoms with Crippen LogP contribution in [0.4, 0.5) is 0 Å². The summed E-state index contributed by atoms with van der Waals surface area (Å²) < 4.78 is 2.17. The van der Waals surface area contributed by atoms with Crippen molar-refractivity contribution in [1.82, 2.24) is 9.88 Å². The van der Waals surface area contributed by atoms with Crippen molar-refractivity contribution in [2.75, 3.05) is 0 Å². The van der Waals surface area contributed by atoms with E-state index in [0.29, 0.717) is 6.42 Å². The number of nitrogens with two attached hydrogens (primary N) is 1. The van der Waals surface area contributed by atoms with Gasteiger partial charge in [-0.1, -0.05) is 0 Å². The first-order valence-corrected chi connectivity index (χ1v) is 5.62. The molecular weight excluding hydrogens is 202 g/mol. The molecule has 1 heterocycles. The third-order valence-corrected chi connectivity index (χ3v) is 2.63. The summed E-state index contributed by atoms with van der Waals surface area (Å²) in [5.41, 5.74) is 6.17. The summed E-state index contributed by atoms with van der Waals surface area (Å²) in [5.74, 6) is -0.275. The Bertz CT molecular complexity index is 355. The van der Waals surface area contributed by atoms with Crippen molar-refractivity contribution in [3.63, 3.8) is 0 Å². The largest absolute Gasteiger partial charge is 0.370 e. The van der Waals surface area contributed by atoms with Crippen molar-refractivity contribution in [1.29, 1.82) is 0 Å². The maximum Gasteiger partial charge on any atom is 0.219 e. The summed E-state index contributed by atoms with van der Waals surface area (Å²) in [7, 11) is 0. The highest BCUT2D eigenvalue weighted by molar-refractivity contribution is 5.74. The molecule has 0 spiro atoms. The minimum Gasteiger partial charge on any atom is -0.370 e. The van der Waals surface area contributed by atoms with E-state index in [4.69, 9.17) is 5.73 Å². The third-order valence-electron chi connectivity index (χ3n) is 2.63. The zero-order valence-electron chi connectivity index (χ0n) is 10.3. The van der Waals surface area contributed by atoms with Gasteiger partial charge in [0.15, 0.2) is 0 Å². The molecule has 0 saturated heterocycles. The Morgan fingerprint density at radius 2 is 2.25 bits per heavy atom. The van der Waals surface area contributed by atoms with Crippen LogP contribution >= 0.6 is 0 Å². The van der Waals surface area contributed by atoms with Crippen molar-refractivity contribution in [3.05, 3.63) is 24.0 Å². The fourth-order valence-corrected chi connectivity index (χ4v) is 1.75. The van der Waals surface area contributed by atoms with Gasteiger partial charge in [0.1, 0.15) is 0 Å².